The van der Waals surface area contributed by atoms with Gasteiger partial charge < -0.3 is 15.2 Å². The third-order valence-electron chi connectivity index (χ3n) is 4.85. The van der Waals surface area contributed by atoms with Crippen LogP contribution in [0.25, 0.3) is 0 Å². The molecule has 0 aliphatic rings. The molecule has 0 rings (SSSR count). The standard InChI is InChI=1S/C23H47NO3/c1-5-6-7-8-9-10-11-12-13-14-15-16-17-18-19-21(20-25)24-22(26)27-23(2,3)4/h21,25H,5-20H2,1-4H3,(H,24,26)/t21-/m1/s1. The van der Waals surface area contributed by atoms with E-state index in [0.717, 1.165) is 12.8 Å². The molecule has 0 aliphatic heterocycles. The molecule has 0 bridgehead atoms. The highest BCUT2D eigenvalue weighted by Crippen LogP contribution is 2.14. The lowest BCUT2D eigenvalue weighted by Crippen LogP contribution is -2.41. The number of carbonyl (C=O) groups is 1. The van der Waals surface area contributed by atoms with E-state index in [4.69, 9.17) is 4.74 Å². The molecule has 0 aromatic carbocycles. The van der Waals surface area contributed by atoms with Gasteiger partial charge >= 0.3 is 6.09 Å². The molecular formula is C23H47NO3. The minimum absolute atomic E-state index is 0.0301. The number of hydrogen-bond donors (Lipinski definition) is 2. The molecule has 4 heteroatoms. The summed E-state index contributed by atoms with van der Waals surface area (Å²) in [4.78, 5) is 11.7. The summed E-state index contributed by atoms with van der Waals surface area (Å²) < 4.78 is 5.23. The molecule has 0 radical (unpaired) electrons. The fourth-order valence-electron chi connectivity index (χ4n) is 3.27. The van der Waals surface area contributed by atoms with Crippen LogP contribution in [-0.4, -0.2) is 29.4 Å². The first kappa shape index (κ1) is 26.2. The van der Waals surface area contributed by atoms with Crippen LogP contribution in [0.5, 0.6) is 0 Å². The van der Waals surface area contributed by atoms with Gasteiger partial charge in [-0.05, 0) is 27.2 Å². The Morgan fingerprint density at radius 2 is 1.22 bits per heavy atom. The molecule has 0 aromatic rings. The van der Waals surface area contributed by atoms with Crippen molar-refractivity contribution in [2.45, 2.75) is 136 Å². The number of rotatable bonds is 17. The van der Waals surface area contributed by atoms with Crippen LogP contribution in [0, 0.1) is 0 Å². The Bertz CT molecular complexity index is 339. The molecule has 0 heterocycles. The van der Waals surface area contributed by atoms with Gasteiger partial charge in [-0.25, -0.2) is 4.79 Å². The summed E-state index contributed by atoms with van der Waals surface area (Å²) in [6, 6.07) is -0.197. The Morgan fingerprint density at radius 3 is 1.59 bits per heavy atom. The molecule has 0 fully saturated rings. The van der Waals surface area contributed by atoms with Gasteiger partial charge in [-0.3, -0.25) is 0 Å². The van der Waals surface area contributed by atoms with E-state index in [2.05, 4.69) is 12.2 Å². The predicted octanol–water partition coefficient (Wildman–Crippen LogP) is 6.74. The summed E-state index contributed by atoms with van der Waals surface area (Å²) in [6.07, 6.45) is 19.1. The first-order valence-corrected chi connectivity index (χ1v) is 11.5. The molecule has 0 spiro atoms. The minimum Gasteiger partial charge on any atom is -0.444 e. The van der Waals surface area contributed by atoms with Crippen LogP contribution >= 0.6 is 0 Å². The van der Waals surface area contributed by atoms with Crippen LogP contribution in [-0.2, 0) is 4.74 Å². The Morgan fingerprint density at radius 1 is 0.815 bits per heavy atom. The van der Waals surface area contributed by atoms with Gasteiger partial charge in [0, 0.05) is 0 Å². The Labute approximate surface area is 168 Å². The zero-order valence-electron chi connectivity index (χ0n) is 18.7. The normalized spacial score (nSPS) is 12.8. The van der Waals surface area contributed by atoms with Crippen molar-refractivity contribution in [3.05, 3.63) is 0 Å². The highest BCUT2D eigenvalue weighted by molar-refractivity contribution is 5.68. The monoisotopic (exact) mass is 385 g/mol. The van der Waals surface area contributed by atoms with Crippen LogP contribution < -0.4 is 5.32 Å². The maximum absolute atomic E-state index is 11.7. The summed E-state index contributed by atoms with van der Waals surface area (Å²) in [5.74, 6) is 0. The van der Waals surface area contributed by atoms with E-state index in [0.29, 0.717) is 0 Å². The highest BCUT2D eigenvalue weighted by atomic mass is 16.6. The summed E-state index contributed by atoms with van der Waals surface area (Å²) >= 11 is 0. The molecule has 0 unspecified atom stereocenters. The molecule has 27 heavy (non-hydrogen) atoms. The molecule has 0 aliphatic carbocycles. The molecule has 1 amide bonds. The second-order valence-corrected chi connectivity index (χ2v) is 8.91. The first-order valence-electron chi connectivity index (χ1n) is 11.5. The van der Waals surface area contributed by atoms with Gasteiger partial charge in [-0.2, -0.15) is 0 Å². The van der Waals surface area contributed by atoms with Crippen molar-refractivity contribution in [3.8, 4) is 0 Å². The van der Waals surface area contributed by atoms with Crippen molar-refractivity contribution < 1.29 is 14.6 Å². The van der Waals surface area contributed by atoms with Crippen molar-refractivity contribution in [1.82, 2.24) is 5.32 Å². The number of amides is 1. The zero-order valence-corrected chi connectivity index (χ0v) is 18.7. The van der Waals surface area contributed by atoms with Crippen LogP contribution in [0.3, 0.4) is 0 Å². The summed E-state index contributed by atoms with van der Waals surface area (Å²) in [7, 11) is 0. The number of nitrogens with one attached hydrogen (secondary N) is 1. The molecule has 4 nitrogen and oxygen atoms in total. The predicted molar refractivity (Wildman–Crippen MR) is 115 cm³/mol. The summed E-state index contributed by atoms with van der Waals surface area (Å²) in [5, 5.41) is 12.2. The quantitative estimate of drug-likeness (QED) is 0.272. The van der Waals surface area contributed by atoms with Crippen LogP contribution in [0.15, 0.2) is 0 Å². The largest absolute Gasteiger partial charge is 0.444 e. The SMILES string of the molecule is CCCCCCCCCCCCCCCC[C@H](CO)NC(=O)OC(C)(C)C. The summed E-state index contributed by atoms with van der Waals surface area (Å²) in [5.41, 5.74) is -0.501. The molecule has 0 saturated heterocycles. The second kappa shape index (κ2) is 17.3. The fraction of sp³-hybridized carbons (Fsp3) is 0.957. The van der Waals surface area contributed by atoms with E-state index >= 15 is 0 Å². The van der Waals surface area contributed by atoms with E-state index in [1.807, 2.05) is 20.8 Å². The number of alkyl carbamates (subject to hydrolysis) is 1. The molecule has 0 aromatic heterocycles. The Hall–Kier alpha value is -0.770. The van der Waals surface area contributed by atoms with Crippen molar-refractivity contribution in [1.29, 1.82) is 0 Å². The number of unbranched alkanes of at least 4 members (excludes halogenated alkanes) is 13. The van der Waals surface area contributed by atoms with Crippen LogP contribution in [0.1, 0.15) is 124 Å². The van der Waals surface area contributed by atoms with Crippen molar-refractivity contribution >= 4 is 6.09 Å². The minimum atomic E-state index is -0.501. The molecular weight excluding hydrogens is 338 g/mol. The van der Waals surface area contributed by atoms with Gasteiger partial charge in [-0.15, -0.1) is 0 Å². The van der Waals surface area contributed by atoms with E-state index < -0.39 is 11.7 Å². The van der Waals surface area contributed by atoms with E-state index in [-0.39, 0.29) is 12.6 Å². The van der Waals surface area contributed by atoms with Gasteiger partial charge in [-0.1, -0.05) is 96.8 Å². The summed E-state index contributed by atoms with van der Waals surface area (Å²) in [6.45, 7) is 7.76. The smallest absolute Gasteiger partial charge is 0.407 e. The molecule has 162 valence electrons. The van der Waals surface area contributed by atoms with Crippen molar-refractivity contribution in [2.24, 2.45) is 0 Å². The lowest BCUT2D eigenvalue weighted by atomic mass is 10.0. The van der Waals surface area contributed by atoms with Gasteiger partial charge in [0.1, 0.15) is 5.60 Å². The topological polar surface area (TPSA) is 58.6 Å². The van der Waals surface area contributed by atoms with E-state index in [1.54, 1.807) is 0 Å². The number of carbonyl (C=O) groups excluding carboxylic acids is 1. The zero-order chi connectivity index (χ0) is 20.4. The van der Waals surface area contributed by atoms with Crippen molar-refractivity contribution in [3.63, 3.8) is 0 Å². The van der Waals surface area contributed by atoms with Crippen molar-refractivity contribution in [2.75, 3.05) is 6.61 Å². The Kier molecular flexibility index (Phi) is 16.8. The maximum Gasteiger partial charge on any atom is 0.407 e. The second-order valence-electron chi connectivity index (χ2n) is 8.91. The number of aliphatic hydroxyl groups is 1. The maximum atomic E-state index is 11.7. The molecule has 1 atom stereocenters. The first-order chi connectivity index (χ1) is 12.9. The fourth-order valence-corrected chi connectivity index (χ4v) is 3.27. The van der Waals surface area contributed by atoms with E-state index in [9.17, 15) is 9.90 Å². The highest BCUT2D eigenvalue weighted by Gasteiger charge is 2.18. The van der Waals surface area contributed by atoms with Gasteiger partial charge in [0.25, 0.3) is 0 Å². The third-order valence-corrected chi connectivity index (χ3v) is 4.85. The van der Waals surface area contributed by atoms with Crippen LogP contribution in [0.4, 0.5) is 4.79 Å². The Balaban J connectivity index is 3.43. The third kappa shape index (κ3) is 19.8. The average Bonchev–Trinajstić information content (AvgIpc) is 2.59. The number of aliphatic hydroxyl groups excluding tert-OH is 1. The lowest BCUT2D eigenvalue weighted by Gasteiger charge is -2.22. The van der Waals surface area contributed by atoms with Gasteiger partial charge in [0.05, 0.1) is 12.6 Å². The molecule has 0 saturated carbocycles. The average molecular weight is 386 g/mol. The molecule has 2 N–H and O–H groups in total. The van der Waals surface area contributed by atoms with Gasteiger partial charge in [0.15, 0.2) is 0 Å². The van der Waals surface area contributed by atoms with Crippen LogP contribution in [0.2, 0.25) is 0 Å². The van der Waals surface area contributed by atoms with Gasteiger partial charge in [0.2, 0.25) is 0 Å². The number of hydrogen-bond acceptors (Lipinski definition) is 3. The number of ether oxygens (including phenoxy) is 1. The van der Waals surface area contributed by atoms with E-state index in [1.165, 1.54) is 83.5 Å². The lowest BCUT2D eigenvalue weighted by molar-refractivity contribution is 0.0478.